The number of carbonyl (C=O) groups excluding carboxylic acids is 2. The molecule has 7 heteroatoms. The number of aromatic hydroxyl groups is 2. The summed E-state index contributed by atoms with van der Waals surface area (Å²) in [5, 5.41) is 22.2. The van der Waals surface area contributed by atoms with Gasteiger partial charge in [-0.05, 0) is 48.9 Å². The summed E-state index contributed by atoms with van der Waals surface area (Å²) in [6.07, 6.45) is 1.25. The lowest BCUT2D eigenvalue weighted by atomic mass is 9.85. The van der Waals surface area contributed by atoms with Crippen molar-refractivity contribution < 1.29 is 24.5 Å². The minimum absolute atomic E-state index is 0.0344. The van der Waals surface area contributed by atoms with Crippen LogP contribution in [0.15, 0.2) is 36.4 Å². The Hall–Kier alpha value is -3.22. The van der Waals surface area contributed by atoms with E-state index in [0.717, 1.165) is 11.1 Å². The molecule has 1 aliphatic rings. The summed E-state index contributed by atoms with van der Waals surface area (Å²) >= 11 is 0. The lowest BCUT2D eigenvalue weighted by Gasteiger charge is -2.32. The van der Waals surface area contributed by atoms with E-state index in [1.807, 2.05) is 19.1 Å². The third-order valence-electron chi connectivity index (χ3n) is 5.60. The highest BCUT2D eigenvalue weighted by Gasteiger charge is 2.26. The van der Waals surface area contributed by atoms with Crippen molar-refractivity contribution in [2.45, 2.75) is 52.0 Å². The predicted octanol–water partition coefficient (Wildman–Crippen LogP) is 3.50. The molecule has 2 aromatic carbocycles. The molecule has 0 radical (unpaired) electrons. The molecular weight excluding hydrogens is 408 g/mol. The molecule has 32 heavy (non-hydrogen) atoms. The SMILES string of the molecule is Cc1ccc(OCC(=O)NC2CCN(C(=O)c3cc(O)cc(O)c3)CC2)c(C(C)(C)C)c1. The molecule has 2 aromatic rings. The van der Waals surface area contributed by atoms with E-state index in [9.17, 15) is 19.8 Å². The average Bonchev–Trinajstić information content (AvgIpc) is 2.71. The minimum atomic E-state index is -0.251. The molecule has 172 valence electrons. The highest BCUT2D eigenvalue weighted by molar-refractivity contribution is 5.95. The monoisotopic (exact) mass is 440 g/mol. The van der Waals surface area contributed by atoms with Crippen LogP contribution < -0.4 is 10.1 Å². The van der Waals surface area contributed by atoms with E-state index in [2.05, 4.69) is 32.2 Å². The number of amides is 2. The largest absolute Gasteiger partial charge is 0.508 e. The third-order valence-corrected chi connectivity index (χ3v) is 5.60. The summed E-state index contributed by atoms with van der Waals surface area (Å²) in [5.74, 6) is -0.0306. The van der Waals surface area contributed by atoms with Crippen molar-refractivity contribution in [2.75, 3.05) is 19.7 Å². The molecule has 0 atom stereocenters. The minimum Gasteiger partial charge on any atom is -0.508 e. The maximum absolute atomic E-state index is 12.6. The number of likely N-dealkylation sites (tertiary alicyclic amines) is 1. The Bertz CT molecular complexity index is 968. The molecule has 0 bridgehead atoms. The van der Waals surface area contributed by atoms with Crippen LogP contribution in [0.4, 0.5) is 0 Å². The fourth-order valence-corrected chi connectivity index (χ4v) is 3.90. The molecule has 0 saturated carbocycles. The van der Waals surface area contributed by atoms with Gasteiger partial charge < -0.3 is 25.2 Å². The number of phenolic OH excluding ortho intramolecular Hbond substituents is 2. The first-order chi connectivity index (χ1) is 15.0. The second-order valence-corrected chi connectivity index (χ2v) is 9.41. The molecule has 1 saturated heterocycles. The van der Waals surface area contributed by atoms with Crippen LogP contribution in [0, 0.1) is 6.92 Å². The van der Waals surface area contributed by atoms with Crippen molar-refractivity contribution in [3.8, 4) is 17.2 Å². The number of hydrogen-bond donors (Lipinski definition) is 3. The van der Waals surface area contributed by atoms with Crippen LogP contribution >= 0.6 is 0 Å². The molecule has 0 aliphatic carbocycles. The lowest BCUT2D eigenvalue weighted by Crippen LogP contribution is -2.47. The standard InChI is InChI=1S/C25H32N2O5/c1-16-5-6-22(21(11-16)25(2,3)4)32-15-23(30)26-18-7-9-27(10-8-18)24(31)17-12-19(28)14-20(29)13-17/h5-6,11-14,18,28-29H,7-10,15H2,1-4H3,(H,26,30). The van der Waals surface area contributed by atoms with E-state index in [4.69, 9.17) is 4.74 Å². The van der Waals surface area contributed by atoms with Gasteiger partial charge in [-0.3, -0.25) is 9.59 Å². The first-order valence-electron chi connectivity index (χ1n) is 10.9. The van der Waals surface area contributed by atoms with Gasteiger partial charge in [0.15, 0.2) is 6.61 Å². The first-order valence-corrected chi connectivity index (χ1v) is 10.9. The van der Waals surface area contributed by atoms with Gasteiger partial charge in [-0.2, -0.15) is 0 Å². The van der Waals surface area contributed by atoms with Crippen LogP contribution in [-0.4, -0.2) is 52.7 Å². The number of aryl methyl sites for hydroxylation is 1. The molecule has 3 N–H and O–H groups in total. The maximum Gasteiger partial charge on any atom is 0.258 e. The van der Waals surface area contributed by atoms with E-state index in [1.165, 1.54) is 18.2 Å². The summed E-state index contributed by atoms with van der Waals surface area (Å²) < 4.78 is 5.84. The fourth-order valence-electron chi connectivity index (χ4n) is 3.90. The van der Waals surface area contributed by atoms with Crippen molar-refractivity contribution in [1.29, 1.82) is 0 Å². The maximum atomic E-state index is 12.6. The van der Waals surface area contributed by atoms with Crippen molar-refractivity contribution >= 4 is 11.8 Å². The summed E-state index contributed by atoms with van der Waals surface area (Å²) in [7, 11) is 0. The van der Waals surface area contributed by atoms with Gasteiger partial charge in [0.25, 0.3) is 11.8 Å². The number of benzene rings is 2. The number of rotatable bonds is 5. The van der Waals surface area contributed by atoms with Gasteiger partial charge in [-0.25, -0.2) is 0 Å². The second kappa shape index (κ2) is 9.51. The van der Waals surface area contributed by atoms with Gasteiger partial charge in [0.2, 0.25) is 0 Å². The molecule has 3 rings (SSSR count). The zero-order valence-corrected chi connectivity index (χ0v) is 19.1. The molecule has 1 heterocycles. The van der Waals surface area contributed by atoms with E-state index >= 15 is 0 Å². The number of phenols is 2. The van der Waals surface area contributed by atoms with Gasteiger partial charge in [0.1, 0.15) is 17.2 Å². The number of nitrogens with one attached hydrogen (secondary N) is 1. The molecule has 2 amide bonds. The van der Waals surface area contributed by atoms with Crippen molar-refractivity contribution in [1.82, 2.24) is 10.2 Å². The number of carbonyl (C=O) groups is 2. The molecular formula is C25H32N2O5. The lowest BCUT2D eigenvalue weighted by molar-refractivity contribution is -0.124. The molecule has 0 unspecified atom stereocenters. The third kappa shape index (κ3) is 5.93. The highest BCUT2D eigenvalue weighted by Crippen LogP contribution is 2.32. The smallest absolute Gasteiger partial charge is 0.258 e. The summed E-state index contributed by atoms with van der Waals surface area (Å²) in [6.45, 7) is 9.27. The van der Waals surface area contributed by atoms with Crippen LogP contribution in [0.1, 0.15) is 55.1 Å². The summed E-state index contributed by atoms with van der Waals surface area (Å²) in [5.41, 5.74) is 2.36. The van der Waals surface area contributed by atoms with Crippen LogP contribution in [0.2, 0.25) is 0 Å². The number of nitrogens with zero attached hydrogens (tertiary/aromatic N) is 1. The van der Waals surface area contributed by atoms with Gasteiger partial charge in [-0.1, -0.05) is 38.5 Å². The van der Waals surface area contributed by atoms with E-state index in [1.54, 1.807) is 4.90 Å². The molecule has 1 fully saturated rings. The van der Waals surface area contributed by atoms with Crippen LogP contribution in [-0.2, 0) is 10.2 Å². The summed E-state index contributed by atoms with van der Waals surface area (Å²) in [6, 6.07) is 9.80. The Morgan fingerprint density at radius 3 is 2.28 bits per heavy atom. The Morgan fingerprint density at radius 2 is 1.69 bits per heavy atom. The van der Waals surface area contributed by atoms with Crippen molar-refractivity contribution in [3.05, 3.63) is 53.1 Å². The molecule has 0 spiro atoms. The number of piperidine rings is 1. The Balaban J connectivity index is 1.50. The quantitative estimate of drug-likeness (QED) is 0.661. The molecule has 0 aromatic heterocycles. The average molecular weight is 441 g/mol. The van der Waals surface area contributed by atoms with Crippen molar-refractivity contribution in [2.24, 2.45) is 0 Å². The summed E-state index contributed by atoms with van der Waals surface area (Å²) in [4.78, 5) is 26.7. The highest BCUT2D eigenvalue weighted by atomic mass is 16.5. The molecule has 1 aliphatic heterocycles. The van der Waals surface area contributed by atoms with Crippen LogP contribution in [0.25, 0.3) is 0 Å². The Morgan fingerprint density at radius 1 is 1.06 bits per heavy atom. The van der Waals surface area contributed by atoms with Gasteiger partial charge >= 0.3 is 0 Å². The predicted molar refractivity (Wildman–Crippen MR) is 122 cm³/mol. The van der Waals surface area contributed by atoms with E-state index in [-0.39, 0.29) is 46.9 Å². The zero-order chi connectivity index (χ0) is 23.5. The van der Waals surface area contributed by atoms with Crippen molar-refractivity contribution in [3.63, 3.8) is 0 Å². The Kier molecular flexibility index (Phi) is 6.96. The van der Waals surface area contributed by atoms with E-state index in [0.29, 0.717) is 31.7 Å². The second-order valence-electron chi connectivity index (χ2n) is 9.41. The fraction of sp³-hybridized carbons (Fsp3) is 0.440. The van der Waals surface area contributed by atoms with Gasteiger partial charge in [0, 0.05) is 30.8 Å². The Labute approximate surface area is 189 Å². The first kappa shape index (κ1) is 23.4. The van der Waals surface area contributed by atoms with Gasteiger partial charge in [0.05, 0.1) is 0 Å². The zero-order valence-electron chi connectivity index (χ0n) is 19.1. The van der Waals surface area contributed by atoms with Crippen LogP contribution in [0.3, 0.4) is 0 Å². The topological polar surface area (TPSA) is 99.1 Å². The normalized spacial score (nSPS) is 14.8. The molecule has 7 nitrogen and oxygen atoms in total. The van der Waals surface area contributed by atoms with E-state index < -0.39 is 0 Å². The number of hydrogen-bond acceptors (Lipinski definition) is 5. The van der Waals surface area contributed by atoms with Crippen LogP contribution in [0.5, 0.6) is 17.2 Å². The number of ether oxygens (including phenoxy) is 1. The van der Waals surface area contributed by atoms with Gasteiger partial charge in [-0.15, -0.1) is 0 Å².